The van der Waals surface area contributed by atoms with Crippen LogP contribution in [0.1, 0.15) is 20.8 Å². The maximum Gasteiger partial charge on any atom is 0.320 e. The van der Waals surface area contributed by atoms with Gasteiger partial charge in [0.25, 0.3) is 0 Å². The van der Waals surface area contributed by atoms with Crippen LogP contribution < -0.4 is 10.6 Å². The van der Waals surface area contributed by atoms with Crippen LogP contribution in [0.3, 0.4) is 0 Å². The van der Waals surface area contributed by atoms with Gasteiger partial charge in [-0.05, 0) is 25.0 Å². The van der Waals surface area contributed by atoms with Gasteiger partial charge in [0.15, 0.2) is 5.65 Å². The van der Waals surface area contributed by atoms with Crippen molar-refractivity contribution in [2.45, 2.75) is 27.3 Å². The second-order valence-electron chi connectivity index (χ2n) is 6.12. The zero-order chi connectivity index (χ0) is 17.8. The Morgan fingerprint density at radius 1 is 1.24 bits per heavy atom. The van der Waals surface area contributed by atoms with Gasteiger partial charge in [0.05, 0.1) is 18.1 Å². The number of fused-ring (bicyclic) bond motifs is 1. The first-order valence-corrected chi connectivity index (χ1v) is 8.26. The van der Waals surface area contributed by atoms with E-state index < -0.39 is 0 Å². The molecule has 0 fully saturated rings. The Morgan fingerprint density at radius 2 is 2.08 bits per heavy atom. The summed E-state index contributed by atoms with van der Waals surface area (Å²) in [5.74, 6) is 0.945. The minimum absolute atomic E-state index is 0.298. The molecule has 2 N–H and O–H groups in total. The molecule has 3 heterocycles. The van der Waals surface area contributed by atoms with Gasteiger partial charge in [-0.2, -0.15) is 5.10 Å². The molecule has 0 radical (unpaired) electrons. The average molecular weight is 339 g/mol. The van der Waals surface area contributed by atoms with E-state index in [4.69, 9.17) is 0 Å². The van der Waals surface area contributed by atoms with E-state index in [2.05, 4.69) is 44.5 Å². The number of urea groups is 1. The highest BCUT2D eigenvalue weighted by Gasteiger charge is 2.09. The van der Waals surface area contributed by atoms with E-state index in [1.807, 2.05) is 17.8 Å². The molecule has 0 saturated carbocycles. The number of rotatable bonds is 5. The fourth-order valence-electron chi connectivity index (χ4n) is 2.40. The molecule has 0 aliphatic carbocycles. The molecule has 0 aliphatic rings. The number of hydrogen-bond acceptors (Lipinski definition) is 5. The van der Waals surface area contributed by atoms with Crippen molar-refractivity contribution in [1.29, 1.82) is 0 Å². The summed E-state index contributed by atoms with van der Waals surface area (Å²) in [6.07, 6.45) is 5.43. The number of amides is 2. The lowest BCUT2D eigenvalue weighted by Gasteiger charge is -2.06. The second kappa shape index (κ2) is 7.25. The van der Waals surface area contributed by atoms with Gasteiger partial charge < -0.3 is 5.32 Å². The van der Waals surface area contributed by atoms with Gasteiger partial charge in [-0.1, -0.05) is 13.8 Å². The number of nitrogens with one attached hydrogen (secondary N) is 2. The van der Waals surface area contributed by atoms with Crippen LogP contribution in [0.25, 0.3) is 22.4 Å². The smallest absolute Gasteiger partial charge is 0.320 e. The van der Waals surface area contributed by atoms with Gasteiger partial charge in [0.1, 0.15) is 11.3 Å². The van der Waals surface area contributed by atoms with Crippen molar-refractivity contribution < 1.29 is 4.79 Å². The number of pyridine rings is 1. The summed E-state index contributed by atoms with van der Waals surface area (Å²) in [4.78, 5) is 24.9. The van der Waals surface area contributed by atoms with E-state index in [0.717, 1.165) is 12.1 Å². The van der Waals surface area contributed by atoms with E-state index >= 15 is 0 Å². The Morgan fingerprint density at radius 3 is 2.84 bits per heavy atom. The SMILES string of the molecule is CCNC(=O)Nc1ccc2ncc(-c3cnn(CC(C)C)c3)nc2n1. The fraction of sp³-hybridized carbons (Fsp3) is 0.353. The molecule has 130 valence electrons. The standard InChI is InChI=1S/C17H21N7O/c1-4-18-17(25)23-15-6-5-13-16(22-15)21-14(8-19-13)12-7-20-24(10-12)9-11(2)3/h5-8,10-11H,4,9H2,1-3H3,(H2,18,21,22,23,25). The van der Waals surface area contributed by atoms with Gasteiger partial charge in [0, 0.05) is 24.8 Å². The highest BCUT2D eigenvalue weighted by molar-refractivity contribution is 5.89. The predicted molar refractivity (Wildman–Crippen MR) is 96.1 cm³/mol. The molecule has 0 bridgehead atoms. The summed E-state index contributed by atoms with van der Waals surface area (Å²) in [6.45, 7) is 7.53. The third-order valence-electron chi connectivity index (χ3n) is 3.47. The topological polar surface area (TPSA) is 97.6 Å². The van der Waals surface area contributed by atoms with Gasteiger partial charge in [-0.3, -0.25) is 15.0 Å². The highest BCUT2D eigenvalue weighted by atomic mass is 16.2. The summed E-state index contributed by atoms with van der Waals surface area (Å²) in [7, 11) is 0. The molecule has 0 unspecified atom stereocenters. The van der Waals surface area contributed by atoms with Crippen molar-refractivity contribution in [3.8, 4) is 11.3 Å². The van der Waals surface area contributed by atoms with Gasteiger partial charge in [-0.25, -0.2) is 14.8 Å². The molecule has 3 rings (SSSR count). The Kier molecular flexibility index (Phi) is 4.87. The first kappa shape index (κ1) is 16.8. The van der Waals surface area contributed by atoms with Crippen molar-refractivity contribution in [3.63, 3.8) is 0 Å². The molecular weight excluding hydrogens is 318 g/mol. The molecule has 0 saturated heterocycles. The van der Waals surface area contributed by atoms with E-state index in [1.54, 1.807) is 24.5 Å². The average Bonchev–Trinajstić information content (AvgIpc) is 3.02. The monoisotopic (exact) mass is 339 g/mol. The van der Waals surface area contributed by atoms with Crippen LogP contribution in [-0.2, 0) is 6.54 Å². The minimum Gasteiger partial charge on any atom is -0.338 e. The van der Waals surface area contributed by atoms with Gasteiger partial charge in [0.2, 0.25) is 0 Å². The minimum atomic E-state index is -0.298. The summed E-state index contributed by atoms with van der Waals surface area (Å²) in [5, 5.41) is 9.69. The first-order chi connectivity index (χ1) is 12.0. The largest absolute Gasteiger partial charge is 0.338 e. The van der Waals surface area contributed by atoms with E-state index in [0.29, 0.717) is 35.1 Å². The molecule has 8 nitrogen and oxygen atoms in total. The van der Waals surface area contributed by atoms with Crippen LogP contribution in [-0.4, -0.2) is 37.3 Å². The van der Waals surface area contributed by atoms with Crippen LogP contribution in [0.4, 0.5) is 10.6 Å². The van der Waals surface area contributed by atoms with Gasteiger partial charge >= 0.3 is 6.03 Å². The summed E-state index contributed by atoms with van der Waals surface area (Å²) < 4.78 is 1.90. The van der Waals surface area contributed by atoms with Gasteiger partial charge in [-0.15, -0.1) is 0 Å². The lowest BCUT2D eigenvalue weighted by Crippen LogP contribution is -2.28. The van der Waals surface area contributed by atoms with Crippen molar-refractivity contribution in [2.75, 3.05) is 11.9 Å². The van der Waals surface area contributed by atoms with Crippen molar-refractivity contribution >= 4 is 23.0 Å². The molecule has 2 amide bonds. The van der Waals surface area contributed by atoms with Crippen LogP contribution >= 0.6 is 0 Å². The number of carbonyl (C=O) groups excluding carboxylic acids is 1. The number of hydrogen-bond donors (Lipinski definition) is 2. The maximum absolute atomic E-state index is 11.6. The second-order valence-corrected chi connectivity index (χ2v) is 6.12. The summed E-state index contributed by atoms with van der Waals surface area (Å²) in [5.41, 5.74) is 2.73. The number of aromatic nitrogens is 5. The Hall–Kier alpha value is -3.03. The third-order valence-corrected chi connectivity index (χ3v) is 3.47. The number of carbonyl (C=O) groups is 1. The summed E-state index contributed by atoms with van der Waals surface area (Å²) >= 11 is 0. The molecule has 0 aliphatic heterocycles. The van der Waals surface area contributed by atoms with Crippen molar-refractivity contribution in [2.24, 2.45) is 5.92 Å². The normalized spacial score (nSPS) is 11.0. The van der Waals surface area contributed by atoms with Crippen LogP contribution in [0.5, 0.6) is 0 Å². The molecule has 8 heteroatoms. The molecular formula is C17H21N7O. The number of anilines is 1. The van der Waals surface area contributed by atoms with Crippen molar-refractivity contribution in [1.82, 2.24) is 30.0 Å². The quantitative estimate of drug-likeness (QED) is 0.745. The lowest BCUT2D eigenvalue weighted by molar-refractivity contribution is 0.252. The van der Waals surface area contributed by atoms with E-state index in [-0.39, 0.29) is 6.03 Å². The molecule has 0 spiro atoms. The molecule has 25 heavy (non-hydrogen) atoms. The zero-order valence-corrected chi connectivity index (χ0v) is 14.5. The highest BCUT2D eigenvalue weighted by Crippen LogP contribution is 2.19. The Labute approximate surface area is 145 Å². The van der Waals surface area contributed by atoms with Crippen molar-refractivity contribution in [3.05, 3.63) is 30.7 Å². The Bertz CT molecular complexity index is 888. The van der Waals surface area contributed by atoms with Crippen LogP contribution in [0.2, 0.25) is 0 Å². The first-order valence-electron chi connectivity index (χ1n) is 8.26. The molecule has 3 aromatic rings. The predicted octanol–water partition coefficient (Wildman–Crippen LogP) is 2.69. The molecule has 3 aromatic heterocycles. The van der Waals surface area contributed by atoms with E-state index in [9.17, 15) is 4.79 Å². The zero-order valence-electron chi connectivity index (χ0n) is 14.5. The molecule has 0 aromatic carbocycles. The Balaban J connectivity index is 1.87. The summed E-state index contributed by atoms with van der Waals surface area (Å²) in [6, 6.07) is 3.18. The lowest BCUT2D eigenvalue weighted by atomic mass is 10.2. The maximum atomic E-state index is 11.6. The fourth-order valence-corrected chi connectivity index (χ4v) is 2.40. The van der Waals surface area contributed by atoms with Crippen LogP contribution in [0.15, 0.2) is 30.7 Å². The molecule has 0 atom stereocenters. The van der Waals surface area contributed by atoms with E-state index in [1.165, 1.54) is 0 Å². The number of nitrogens with zero attached hydrogens (tertiary/aromatic N) is 5. The third kappa shape index (κ3) is 4.09. The van der Waals surface area contributed by atoms with Crippen LogP contribution in [0, 0.1) is 5.92 Å².